The van der Waals surface area contributed by atoms with Crippen LogP contribution in [0.1, 0.15) is 197 Å². The van der Waals surface area contributed by atoms with Gasteiger partial charge in [0.2, 0.25) is 0 Å². The van der Waals surface area contributed by atoms with Gasteiger partial charge in [-0.3, -0.25) is 0 Å². The fraction of sp³-hybridized carbons (Fsp3) is 0.378. The molecule has 3 aliphatic rings. The zero-order valence-electron chi connectivity index (χ0n) is 50.3. The number of rotatable bonds is 20. The zero-order chi connectivity index (χ0) is 59.5. The van der Waals surface area contributed by atoms with E-state index in [2.05, 4.69) is 48.1 Å². The lowest BCUT2D eigenvalue weighted by Crippen LogP contribution is -2.06. The smallest absolute Gasteiger partial charge is 0.338 e. The molecule has 6 heterocycles. The third-order valence-electron chi connectivity index (χ3n) is 16.6. The van der Waals surface area contributed by atoms with Crippen molar-refractivity contribution in [1.29, 1.82) is 0 Å². The van der Waals surface area contributed by atoms with E-state index >= 15 is 0 Å². The highest BCUT2D eigenvalue weighted by Crippen LogP contribution is 2.43. The number of nitrogens with zero attached hydrogens (tertiary/aromatic N) is 2. The Bertz CT molecular complexity index is 3430. The Kier molecular flexibility index (Phi) is 21.9. The normalized spacial score (nSPS) is 13.6. The Hall–Kier alpha value is -8.06. The second-order valence-corrected chi connectivity index (χ2v) is 23.0. The fourth-order valence-corrected chi connectivity index (χ4v) is 11.8. The van der Waals surface area contributed by atoms with Gasteiger partial charge < -0.3 is 39.1 Å². The number of ether oxygens (including phenoxy) is 4. The van der Waals surface area contributed by atoms with Crippen LogP contribution in [0.4, 0.5) is 0 Å². The van der Waals surface area contributed by atoms with Crippen molar-refractivity contribution in [1.82, 2.24) is 19.9 Å². The Morgan fingerprint density at radius 1 is 0.430 bits per heavy atom. The fourth-order valence-electron chi connectivity index (χ4n) is 11.8. The van der Waals surface area contributed by atoms with Gasteiger partial charge in [-0.2, -0.15) is 0 Å². The molecule has 7 aromatic rings. The van der Waals surface area contributed by atoms with Crippen molar-refractivity contribution in [3.8, 4) is 56.0 Å². The molecule has 86 heavy (non-hydrogen) atoms. The number of aromatic nitrogens is 4. The molecule has 0 atom stereocenters. The number of aromatic amines is 2. The van der Waals surface area contributed by atoms with Gasteiger partial charge in [0.15, 0.2) is 0 Å². The van der Waals surface area contributed by atoms with Crippen LogP contribution in [0.25, 0.3) is 90.9 Å². The molecule has 0 radical (unpaired) electrons. The molecule has 10 bridgehead atoms. The molecule has 0 spiro atoms. The first kappa shape index (κ1) is 61.0. The van der Waals surface area contributed by atoms with Crippen molar-refractivity contribution in [2.75, 3.05) is 26.4 Å². The lowest BCUT2D eigenvalue weighted by Gasteiger charge is -2.14. The van der Waals surface area contributed by atoms with Gasteiger partial charge in [-0.1, -0.05) is 153 Å². The van der Waals surface area contributed by atoms with Crippen molar-refractivity contribution < 1.29 is 38.7 Å². The SMILES string of the molecule is CCCCCCCCOC(=O)c1ccc(-c2c3nc(c4c5ccc([nH]5)c(-c5ccc(C(=O)OCCCCCCCC)cc5)c5nc(c(c6ccc2[nH]6)-c2cc(CO)ccc2OCCCCCCCCCCOc2ccc(CO)cc2-4)C=C5)C=C3)cc1. The third-order valence-corrected chi connectivity index (χ3v) is 16.6. The van der Waals surface area contributed by atoms with Crippen molar-refractivity contribution in [3.63, 3.8) is 0 Å². The molecule has 448 valence electrons. The molecule has 0 fully saturated rings. The summed E-state index contributed by atoms with van der Waals surface area (Å²) in [6, 6.07) is 35.1. The summed E-state index contributed by atoms with van der Waals surface area (Å²) in [5, 5.41) is 21.5. The summed E-state index contributed by atoms with van der Waals surface area (Å²) in [5.41, 5.74) is 14.4. The average molecular weight is 1160 g/mol. The first-order valence-electron chi connectivity index (χ1n) is 31.8. The Balaban J connectivity index is 1.20. The summed E-state index contributed by atoms with van der Waals surface area (Å²) in [4.78, 5) is 45.8. The summed E-state index contributed by atoms with van der Waals surface area (Å²) in [7, 11) is 0. The largest absolute Gasteiger partial charge is 0.493 e. The molecule has 12 heteroatoms. The van der Waals surface area contributed by atoms with Gasteiger partial charge in [0.1, 0.15) is 11.5 Å². The Morgan fingerprint density at radius 3 is 1.16 bits per heavy atom. The van der Waals surface area contributed by atoms with E-state index in [4.69, 9.17) is 28.9 Å². The summed E-state index contributed by atoms with van der Waals surface area (Å²) in [6.07, 6.45) is 29.7. The molecule has 4 aromatic carbocycles. The van der Waals surface area contributed by atoms with E-state index in [1.807, 2.05) is 109 Å². The number of carbonyl (C=O) groups is 2. The number of aliphatic hydroxyl groups excluding tert-OH is 2. The molecule has 0 aliphatic carbocycles. The first-order valence-corrected chi connectivity index (χ1v) is 31.8. The minimum absolute atomic E-state index is 0.172. The average Bonchev–Trinajstić information content (AvgIpc) is 2.30. The van der Waals surface area contributed by atoms with Gasteiger partial charge in [-0.25, -0.2) is 19.6 Å². The van der Waals surface area contributed by atoms with E-state index < -0.39 is 0 Å². The second-order valence-electron chi connectivity index (χ2n) is 23.0. The standard InChI is InChI=1S/C74H84N4O8/c1-3-5-7-9-15-21-45-85-73(81)55-29-25-53(26-30-55)69-59-33-37-63(75-59)71-57-47-51(49-79)23-41-67(57)83-43-19-17-13-11-12-14-18-20-44-84-68-42-24-52(50-80)48-58(68)72(64-38-34-60(69)76-64)66-40-36-62(78-66)70(61-35-39-65(71)77-61)54-27-31-56(32-28-54)74(82)86-46-22-16-10-8-6-4-2/h23-42,47-48,75,78-80H,3-22,43-46,49-50H2,1-2H3. The molecule has 10 rings (SSSR count). The van der Waals surface area contributed by atoms with Gasteiger partial charge in [-0.05, 0) is 145 Å². The maximum atomic E-state index is 13.5. The predicted molar refractivity (Wildman–Crippen MR) is 348 cm³/mol. The van der Waals surface area contributed by atoms with Crippen molar-refractivity contribution in [2.45, 2.75) is 155 Å². The summed E-state index contributed by atoms with van der Waals surface area (Å²) in [6.45, 7) is 5.86. The number of hydrogen-bond acceptors (Lipinski definition) is 10. The number of aliphatic hydroxyl groups is 2. The number of unbranched alkanes of at least 4 members (excludes halogenated alkanes) is 10. The summed E-state index contributed by atoms with van der Waals surface area (Å²) >= 11 is 0. The second kappa shape index (κ2) is 30.8. The number of nitrogens with one attached hydrogen (secondary N) is 2. The van der Waals surface area contributed by atoms with Crippen LogP contribution in [-0.2, 0) is 22.7 Å². The van der Waals surface area contributed by atoms with Crippen molar-refractivity contribution >= 4 is 58.3 Å². The van der Waals surface area contributed by atoms with Crippen molar-refractivity contribution in [3.05, 3.63) is 154 Å². The number of carbonyl (C=O) groups excluding carboxylic acids is 2. The van der Waals surface area contributed by atoms with Gasteiger partial charge in [0.25, 0.3) is 0 Å². The predicted octanol–water partition coefficient (Wildman–Crippen LogP) is 18.2. The molecule has 0 unspecified atom stereocenters. The van der Waals surface area contributed by atoms with Crippen LogP contribution >= 0.6 is 0 Å². The molecule has 12 nitrogen and oxygen atoms in total. The maximum Gasteiger partial charge on any atom is 0.338 e. The lowest BCUT2D eigenvalue weighted by atomic mass is 10.00. The highest BCUT2D eigenvalue weighted by Gasteiger charge is 2.23. The van der Waals surface area contributed by atoms with E-state index in [9.17, 15) is 19.8 Å². The summed E-state index contributed by atoms with van der Waals surface area (Å²) in [5.74, 6) is 0.639. The molecule has 0 saturated heterocycles. The molecule has 3 aliphatic heterocycles. The van der Waals surface area contributed by atoms with E-state index in [1.165, 1.54) is 38.5 Å². The van der Waals surface area contributed by atoms with Crippen LogP contribution in [0.3, 0.4) is 0 Å². The number of esters is 2. The van der Waals surface area contributed by atoms with Crippen LogP contribution in [0.2, 0.25) is 0 Å². The minimum atomic E-state index is -0.357. The zero-order valence-corrected chi connectivity index (χ0v) is 50.3. The molecule has 0 amide bonds. The highest BCUT2D eigenvalue weighted by atomic mass is 16.5. The molecule has 4 N–H and O–H groups in total. The molecule has 0 saturated carbocycles. The Labute approximate surface area is 506 Å². The Morgan fingerprint density at radius 2 is 0.779 bits per heavy atom. The monoisotopic (exact) mass is 1160 g/mol. The van der Waals surface area contributed by atoms with E-state index in [1.54, 1.807) is 0 Å². The van der Waals surface area contributed by atoms with Crippen LogP contribution in [-0.4, -0.2) is 68.5 Å². The van der Waals surface area contributed by atoms with Crippen LogP contribution in [0.15, 0.2) is 109 Å². The third kappa shape index (κ3) is 15.3. The highest BCUT2D eigenvalue weighted by molar-refractivity contribution is 6.01. The quantitative estimate of drug-likeness (QED) is 0.0426. The van der Waals surface area contributed by atoms with Crippen molar-refractivity contribution in [2.24, 2.45) is 0 Å². The van der Waals surface area contributed by atoms with Crippen LogP contribution < -0.4 is 9.47 Å². The molecular formula is C74H84N4O8. The maximum absolute atomic E-state index is 13.5. The summed E-state index contributed by atoms with van der Waals surface area (Å²) < 4.78 is 25.1. The van der Waals surface area contributed by atoms with E-state index in [0.29, 0.717) is 71.8 Å². The van der Waals surface area contributed by atoms with Gasteiger partial charge in [0, 0.05) is 55.4 Å². The molecule has 3 aromatic heterocycles. The number of H-pyrrole nitrogens is 2. The van der Waals surface area contributed by atoms with E-state index in [0.717, 1.165) is 168 Å². The van der Waals surface area contributed by atoms with Gasteiger partial charge in [-0.15, -0.1) is 0 Å². The minimum Gasteiger partial charge on any atom is -0.493 e. The topological polar surface area (TPSA) is 169 Å². The first-order chi connectivity index (χ1) is 42.3. The van der Waals surface area contributed by atoms with E-state index in [-0.39, 0.29) is 25.2 Å². The molecular weight excluding hydrogens is 1070 g/mol. The van der Waals surface area contributed by atoms with Gasteiger partial charge >= 0.3 is 11.9 Å². The van der Waals surface area contributed by atoms with Crippen LogP contribution in [0, 0.1) is 0 Å². The van der Waals surface area contributed by atoms with Crippen LogP contribution in [0.5, 0.6) is 11.5 Å². The number of fused-ring (bicyclic) bond motifs is 10. The number of benzene rings is 4. The number of hydrogen-bond donors (Lipinski definition) is 4. The lowest BCUT2D eigenvalue weighted by molar-refractivity contribution is 0.0488. The van der Waals surface area contributed by atoms with Gasteiger partial charge in [0.05, 0.1) is 73.5 Å².